The number of carbonyl (C=O) groups excluding carboxylic acids is 1. The Bertz CT molecular complexity index is 576. The van der Waals surface area contributed by atoms with Crippen LogP contribution in [0.3, 0.4) is 0 Å². The van der Waals surface area contributed by atoms with Gasteiger partial charge in [0.2, 0.25) is 0 Å². The van der Waals surface area contributed by atoms with Crippen molar-refractivity contribution < 1.29 is 4.79 Å². The molecule has 0 saturated carbocycles. The van der Waals surface area contributed by atoms with Crippen molar-refractivity contribution in [2.75, 3.05) is 0 Å². The van der Waals surface area contributed by atoms with Gasteiger partial charge in [-0.1, -0.05) is 0 Å². The lowest BCUT2D eigenvalue weighted by Gasteiger charge is -2.07. The van der Waals surface area contributed by atoms with E-state index >= 15 is 0 Å². The van der Waals surface area contributed by atoms with Gasteiger partial charge in [-0.2, -0.15) is 15.4 Å². The molecule has 2 aromatic rings. The smallest absolute Gasteiger partial charge is 0.274 e. The Morgan fingerprint density at radius 1 is 1.33 bits per heavy atom. The number of nitrogens with one attached hydrogen (secondary N) is 2. The van der Waals surface area contributed by atoms with Crippen LogP contribution in [0.2, 0.25) is 0 Å². The second kappa shape index (κ2) is 4.95. The molecule has 18 heavy (non-hydrogen) atoms. The summed E-state index contributed by atoms with van der Waals surface area (Å²) in [6.07, 6.45) is 1.78. The van der Waals surface area contributed by atoms with Crippen LogP contribution in [0.1, 0.15) is 33.0 Å². The van der Waals surface area contributed by atoms with Gasteiger partial charge < -0.3 is 5.32 Å². The van der Waals surface area contributed by atoms with Crippen molar-refractivity contribution in [2.24, 2.45) is 0 Å². The van der Waals surface area contributed by atoms with Gasteiger partial charge in [-0.15, -0.1) is 0 Å². The van der Waals surface area contributed by atoms with E-state index in [2.05, 4.69) is 25.7 Å². The lowest BCUT2D eigenvalue weighted by Crippen LogP contribution is -2.24. The Hall–Kier alpha value is -2.24. The van der Waals surface area contributed by atoms with Gasteiger partial charge in [0, 0.05) is 18.4 Å². The van der Waals surface area contributed by atoms with Gasteiger partial charge in [0.15, 0.2) is 5.69 Å². The highest BCUT2D eigenvalue weighted by Gasteiger charge is 2.12. The molecular formula is C12H15N5O. The van der Waals surface area contributed by atoms with Crippen LogP contribution in [-0.2, 0) is 6.54 Å². The topological polar surface area (TPSA) is 83.6 Å². The number of carbonyl (C=O) groups is 1. The molecule has 0 saturated heterocycles. The van der Waals surface area contributed by atoms with Gasteiger partial charge in [-0.3, -0.25) is 9.78 Å². The van der Waals surface area contributed by atoms with Crippen molar-refractivity contribution in [1.82, 2.24) is 25.7 Å². The summed E-state index contributed by atoms with van der Waals surface area (Å²) in [7, 11) is 0. The summed E-state index contributed by atoms with van der Waals surface area (Å²) >= 11 is 0. The monoisotopic (exact) mass is 245 g/mol. The van der Waals surface area contributed by atoms with Gasteiger partial charge in [-0.25, -0.2) is 0 Å². The maximum atomic E-state index is 11.8. The third kappa shape index (κ3) is 2.53. The summed E-state index contributed by atoms with van der Waals surface area (Å²) in [6, 6.07) is 1.99. The molecule has 0 unspecified atom stereocenters. The summed E-state index contributed by atoms with van der Waals surface area (Å²) in [5.74, 6) is -0.235. The number of hydrogen-bond donors (Lipinski definition) is 2. The summed E-state index contributed by atoms with van der Waals surface area (Å²) in [4.78, 5) is 16.0. The van der Waals surface area contributed by atoms with Crippen LogP contribution in [0.5, 0.6) is 0 Å². The third-order valence-corrected chi connectivity index (χ3v) is 2.73. The predicted octanol–water partition coefficient (Wildman–Crippen LogP) is 1.05. The Balaban J connectivity index is 2.04. The van der Waals surface area contributed by atoms with Crippen LogP contribution in [0.15, 0.2) is 12.3 Å². The number of hydrogen-bond acceptors (Lipinski definition) is 4. The molecule has 0 aliphatic carbocycles. The number of H-pyrrole nitrogens is 1. The van der Waals surface area contributed by atoms with Crippen LogP contribution in [0.25, 0.3) is 0 Å². The molecule has 0 bridgehead atoms. The minimum absolute atomic E-state index is 0.235. The fourth-order valence-electron chi connectivity index (χ4n) is 1.67. The lowest BCUT2D eigenvalue weighted by molar-refractivity contribution is 0.0945. The summed E-state index contributed by atoms with van der Waals surface area (Å²) in [5.41, 5.74) is 3.99. The first kappa shape index (κ1) is 12.2. The van der Waals surface area contributed by atoms with E-state index in [1.807, 2.05) is 19.9 Å². The maximum Gasteiger partial charge on any atom is 0.274 e. The molecule has 6 nitrogen and oxygen atoms in total. The summed E-state index contributed by atoms with van der Waals surface area (Å²) in [5, 5.41) is 12.8. The van der Waals surface area contributed by atoms with E-state index < -0.39 is 0 Å². The van der Waals surface area contributed by atoms with Crippen molar-refractivity contribution >= 4 is 5.91 Å². The average molecular weight is 245 g/mol. The second-order valence-electron chi connectivity index (χ2n) is 4.19. The van der Waals surface area contributed by atoms with Crippen LogP contribution in [-0.4, -0.2) is 26.3 Å². The third-order valence-electron chi connectivity index (χ3n) is 2.73. The van der Waals surface area contributed by atoms with Crippen LogP contribution in [0, 0.1) is 20.8 Å². The van der Waals surface area contributed by atoms with Crippen molar-refractivity contribution in [2.45, 2.75) is 27.3 Å². The molecule has 0 atom stereocenters. The summed E-state index contributed by atoms with van der Waals surface area (Å²) < 4.78 is 0. The van der Waals surface area contributed by atoms with E-state index in [0.717, 1.165) is 16.8 Å². The molecule has 0 radical (unpaired) electrons. The van der Waals surface area contributed by atoms with Crippen molar-refractivity contribution in [3.8, 4) is 0 Å². The standard InChI is InChI=1S/C12H15N5O/c1-7-4-8(2)13-5-10(7)6-14-12(18)11-9(3)15-17-16-11/h4-5H,6H2,1-3H3,(H,14,18)(H,15,16,17). The molecule has 6 heteroatoms. The second-order valence-corrected chi connectivity index (χ2v) is 4.19. The fourth-order valence-corrected chi connectivity index (χ4v) is 1.67. The van der Waals surface area contributed by atoms with E-state index in [9.17, 15) is 4.79 Å². The molecule has 0 aromatic carbocycles. The fraction of sp³-hybridized carbons (Fsp3) is 0.333. The van der Waals surface area contributed by atoms with Crippen LogP contribution >= 0.6 is 0 Å². The highest BCUT2D eigenvalue weighted by atomic mass is 16.2. The van der Waals surface area contributed by atoms with Crippen LogP contribution in [0.4, 0.5) is 0 Å². The lowest BCUT2D eigenvalue weighted by atomic mass is 10.1. The summed E-state index contributed by atoms with van der Waals surface area (Å²) in [6.45, 7) is 6.10. The minimum Gasteiger partial charge on any atom is -0.346 e. The minimum atomic E-state index is -0.235. The normalized spacial score (nSPS) is 10.4. The number of nitrogens with zero attached hydrogens (tertiary/aromatic N) is 3. The largest absolute Gasteiger partial charge is 0.346 e. The number of aryl methyl sites for hydroxylation is 3. The molecule has 94 valence electrons. The molecule has 1 amide bonds. The van der Waals surface area contributed by atoms with Crippen molar-refractivity contribution in [3.05, 3.63) is 40.5 Å². The average Bonchev–Trinajstić information content (AvgIpc) is 2.74. The molecule has 2 rings (SSSR count). The van der Waals surface area contributed by atoms with Gasteiger partial charge in [0.1, 0.15) is 0 Å². The van der Waals surface area contributed by atoms with Crippen molar-refractivity contribution in [3.63, 3.8) is 0 Å². The number of aromatic nitrogens is 4. The number of amides is 1. The zero-order valence-corrected chi connectivity index (χ0v) is 10.6. The highest BCUT2D eigenvalue weighted by Crippen LogP contribution is 2.08. The van der Waals surface area contributed by atoms with Gasteiger partial charge in [0.05, 0.1) is 5.69 Å². The van der Waals surface area contributed by atoms with Crippen molar-refractivity contribution in [1.29, 1.82) is 0 Å². The van der Waals surface area contributed by atoms with E-state index in [1.165, 1.54) is 0 Å². The SMILES string of the molecule is Cc1cc(C)c(CNC(=O)c2n[nH]nc2C)cn1. The molecule has 2 N–H and O–H groups in total. The highest BCUT2D eigenvalue weighted by molar-refractivity contribution is 5.93. The molecule has 0 fully saturated rings. The first-order chi connectivity index (χ1) is 8.58. The molecule has 2 aromatic heterocycles. The van der Waals surface area contributed by atoms with E-state index in [0.29, 0.717) is 17.9 Å². The Morgan fingerprint density at radius 2 is 2.11 bits per heavy atom. The van der Waals surface area contributed by atoms with Gasteiger partial charge in [0.25, 0.3) is 5.91 Å². The molecule has 0 spiro atoms. The predicted molar refractivity (Wildman–Crippen MR) is 66.0 cm³/mol. The maximum absolute atomic E-state index is 11.8. The van der Waals surface area contributed by atoms with E-state index in [1.54, 1.807) is 13.1 Å². The zero-order chi connectivity index (χ0) is 13.1. The Labute approximate surface area is 105 Å². The Kier molecular flexibility index (Phi) is 3.36. The number of aromatic amines is 1. The molecular weight excluding hydrogens is 230 g/mol. The first-order valence-corrected chi connectivity index (χ1v) is 5.65. The van der Waals surface area contributed by atoms with Gasteiger partial charge in [-0.05, 0) is 38.0 Å². The first-order valence-electron chi connectivity index (χ1n) is 5.65. The molecule has 2 heterocycles. The van der Waals surface area contributed by atoms with E-state index in [4.69, 9.17) is 0 Å². The molecule has 0 aliphatic heterocycles. The van der Waals surface area contributed by atoms with Gasteiger partial charge >= 0.3 is 0 Å². The Morgan fingerprint density at radius 3 is 2.72 bits per heavy atom. The quantitative estimate of drug-likeness (QED) is 0.846. The number of rotatable bonds is 3. The van der Waals surface area contributed by atoms with E-state index in [-0.39, 0.29) is 5.91 Å². The molecule has 0 aliphatic rings. The zero-order valence-electron chi connectivity index (χ0n) is 10.6. The number of pyridine rings is 1. The van der Waals surface area contributed by atoms with Crippen LogP contribution < -0.4 is 5.32 Å².